The Hall–Kier alpha value is -1.61. The summed E-state index contributed by atoms with van der Waals surface area (Å²) in [4.78, 5) is 4.76. The van der Waals surface area contributed by atoms with Gasteiger partial charge in [0.15, 0.2) is 0 Å². The highest BCUT2D eigenvalue weighted by atomic mass is 16.5. The summed E-state index contributed by atoms with van der Waals surface area (Å²) in [6.07, 6.45) is 3.12. The topological polar surface area (TPSA) is 42.4 Å². The molecule has 0 radical (unpaired) electrons. The third kappa shape index (κ3) is 1.89. The maximum Gasteiger partial charge on any atom is 0.145 e. The first kappa shape index (κ1) is 12.4. The van der Waals surface area contributed by atoms with Crippen molar-refractivity contribution in [2.45, 2.75) is 38.7 Å². The second-order valence-electron chi connectivity index (χ2n) is 5.68. The number of benzene rings is 1. The number of fused-ring (bicyclic) bond motifs is 2. The van der Waals surface area contributed by atoms with E-state index in [4.69, 9.17) is 9.72 Å². The number of nitrogens with zero attached hydrogens (tertiary/aromatic N) is 1. The normalized spacial score (nSPS) is 14.7. The van der Waals surface area contributed by atoms with E-state index in [-0.39, 0.29) is 0 Å². The van der Waals surface area contributed by atoms with Gasteiger partial charge < -0.3 is 9.84 Å². The molecule has 1 heterocycles. The molecule has 1 aliphatic rings. The van der Waals surface area contributed by atoms with Gasteiger partial charge in [0.25, 0.3) is 0 Å². The second kappa shape index (κ2) is 4.20. The van der Waals surface area contributed by atoms with Crippen molar-refractivity contribution < 1.29 is 9.84 Å². The minimum Gasteiger partial charge on any atom is -0.494 e. The van der Waals surface area contributed by atoms with Crippen molar-refractivity contribution in [1.82, 2.24) is 4.98 Å². The van der Waals surface area contributed by atoms with E-state index in [1.807, 2.05) is 32.0 Å². The van der Waals surface area contributed by atoms with Gasteiger partial charge in [0.1, 0.15) is 11.3 Å². The van der Waals surface area contributed by atoms with Gasteiger partial charge in [-0.1, -0.05) is 12.1 Å². The van der Waals surface area contributed by atoms with Crippen LogP contribution in [0.4, 0.5) is 0 Å². The number of aromatic nitrogens is 1. The number of aliphatic hydroxyl groups is 1. The first-order valence-corrected chi connectivity index (χ1v) is 6.73. The van der Waals surface area contributed by atoms with E-state index in [9.17, 15) is 5.11 Å². The molecule has 1 aromatic heterocycles. The Morgan fingerprint density at radius 1 is 1.26 bits per heavy atom. The van der Waals surface area contributed by atoms with Crippen LogP contribution in [0.25, 0.3) is 10.9 Å². The van der Waals surface area contributed by atoms with Crippen LogP contribution in [0.5, 0.6) is 5.75 Å². The fourth-order valence-corrected chi connectivity index (χ4v) is 3.12. The molecule has 1 aromatic carbocycles. The van der Waals surface area contributed by atoms with Crippen LogP contribution in [-0.4, -0.2) is 17.2 Å². The maximum absolute atomic E-state index is 10.5. The molecular formula is C16H19NO2. The number of aryl methyl sites for hydroxylation is 1. The van der Waals surface area contributed by atoms with E-state index in [0.717, 1.165) is 47.2 Å². The summed E-state index contributed by atoms with van der Waals surface area (Å²) in [6.45, 7) is 3.69. The molecule has 1 aliphatic carbocycles. The number of rotatable bonds is 2. The van der Waals surface area contributed by atoms with Crippen LogP contribution in [-0.2, 0) is 18.4 Å². The van der Waals surface area contributed by atoms with Gasteiger partial charge >= 0.3 is 0 Å². The molecule has 100 valence electrons. The smallest absolute Gasteiger partial charge is 0.145 e. The van der Waals surface area contributed by atoms with E-state index < -0.39 is 5.60 Å². The average molecular weight is 257 g/mol. The van der Waals surface area contributed by atoms with E-state index in [2.05, 4.69) is 0 Å². The second-order valence-corrected chi connectivity index (χ2v) is 5.68. The lowest BCUT2D eigenvalue weighted by molar-refractivity contribution is 0.0792. The summed E-state index contributed by atoms with van der Waals surface area (Å²) in [5.74, 6) is 0.776. The lowest BCUT2D eigenvalue weighted by Gasteiger charge is -2.24. The summed E-state index contributed by atoms with van der Waals surface area (Å²) >= 11 is 0. The molecule has 2 aromatic rings. The van der Waals surface area contributed by atoms with Crippen molar-refractivity contribution >= 4 is 10.9 Å². The highest BCUT2D eigenvalue weighted by Gasteiger charge is 2.28. The van der Waals surface area contributed by atoms with Crippen LogP contribution in [0, 0.1) is 0 Å². The molecule has 0 bridgehead atoms. The van der Waals surface area contributed by atoms with Crippen molar-refractivity contribution in [3.63, 3.8) is 0 Å². The Bertz CT molecular complexity index is 641. The summed E-state index contributed by atoms with van der Waals surface area (Å²) < 4.78 is 5.41. The van der Waals surface area contributed by atoms with Crippen molar-refractivity contribution in [3.05, 3.63) is 35.0 Å². The molecule has 0 unspecified atom stereocenters. The van der Waals surface area contributed by atoms with Crippen LogP contribution in [0.3, 0.4) is 0 Å². The molecule has 19 heavy (non-hydrogen) atoms. The van der Waals surface area contributed by atoms with E-state index in [0.29, 0.717) is 0 Å². The van der Waals surface area contributed by atoms with Crippen LogP contribution in [0.2, 0.25) is 0 Å². The molecule has 0 amide bonds. The molecule has 0 saturated heterocycles. The van der Waals surface area contributed by atoms with Gasteiger partial charge in [-0.15, -0.1) is 0 Å². The van der Waals surface area contributed by atoms with Crippen LogP contribution in [0.1, 0.15) is 37.1 Å². The molecule has 3 nitrogen and oxygen atoms in total. The average Bonchev–Trinajstić information content (AvgIpc) is 2.80. The van der Waals surface area contributed by atoms with Gasteiger partial charge in [-0.2, -0.15) is 0 Å². The summed E-state index contributed by atoms with van der Waals surface area (Å²) in [5.41, 5.74) is 3.37. The predicted octanol–water partition coefficient (Wildman–Crippen LogP) is 2.96. The summed E-state index contributed by atoms with van der Waals surface area (Å²) in [7, 11) is 1.66. The fourth-order valence-electron chi connectivity index (χ4n) is 3.12. The Kier molecular flexibility index (Phi) is 2.75. The van der Waals surface area contributed by atoms with Gasteiger partial charge in [0.2, 0.25) is 0 Å². The van der Waals surface area contributed by atoms with Crippen molar-refractivity contribution in [2.75, 3.05) is 7.11 Å². The molecule has 3 rings (SSSR count). The number of pyridine rings is 1. The molecule has 0 fully saturated rings. The lowest BCUT2D eigenvalue weighted by Crippen LogP contribution is -2.19. The highest BCUT2D eigenvalue weighted by molar-refractivity contribution is 5.89. The number of hydrogen-bond acceptors (Lipinski definition) is 3. The zero-order valence-corrected chi connectivity index (χ0v) is 11.7. The predicted molar refractivity (Wildman–Crippen MR) is 75.6 cm³/mol. The quantitative estimate of drug-likeness (QED) is 0.899. The molecule has 0 saturated carbocycles. The van der Waals surface area contributed by atoms with E-state index >= 15 is 0 Å². The third-order valence-electron chi connectivity index (χ3n) is 3.84. The standard InChI is InChI=1S/C16H19NO2/c1-16(2,18)14-10-6-4-8-12(10)17-15-11(14)7-5-9-13(15)19-3/h5,7,9,18H,4,6,8H2,1-3H3. The van der Waals surface area contributed by atoms with E-state index in [1.165, 1.54) is 5.56 Å². The van der Waals surface area contributed by atoms with Crippen molar-refractivity contribution in [2.24, 2.45) is 0 Å². The summed E-state index contributed by atoms with van der Waals surface area (Å²) in [6, 6.07) is 5.90. The largest absolute Gasteiger partial charge is 0.494 e. The first-order valence-electron chi connectivity index (χ1n) is 6.73. The van der Waals surface area contributed by atoms with E-state index in [1.54, 1.807) is 7.11 Å². The zero-order chi connectivity index (χ0) is 13.6. The Morgan fingerprint density at radius 3 is 2.74 bits per heavy atom. The third-order valence-corrected chi connectivity index (χ3v) is 3.84. The molecule has 0 aliphatic heterocycles. The van der Waals surface area contributed by atoms with Gasteiger partial charge in [-0.05, 0) is 50.3 Å². The zero-order valence-electron chi connectivity index (χ0n) is 11.7. The maximum atomic E-state index is 10.5. The van der Waals surface area contributed by atoms with Gasteiger partial charge in [-0.3, -0.25) is 0 Å². The SMILES string of the molecule is COc1cccc2c(C(C)(C)O)c3c(nc12)CCC3. The number of hydrogen-bond donors (Lipinski definition) is 1. The minimum atomic E-state index is -0.859. The Morgan fingerprint density at radius 2 is 2.05 bits per heavy atom. The monoisotopic (exact) mass is 257 g/mol. The lowest BCUT2D eigenvalue weighted by atomic mass is 9.89. The summed E-state index contributed by atoms with van der Waals surface area (Å²) in [5, 5.41) is 11.6. The van der Waals surface area contributed by atoms with Crippen LogP contribution < -0.4 is 4.74 Å². The first-order chi connectivity index (χ1) is 9.02. The van der Waals surface area contributed by atoms with Gasteiger partial charge in [0, 0.05) is 11.1 Å². The number of ether oxygens (including phenoxy) is 1. The number of para-hydroxylation sites is 1. The molecule has 0 atom stereocenters. The molecule has 3 heteroatoms. The Labute approximate surface area is 113 Å². The minimum absolute atomic E-state index is 0.776. The van der Waals surface area contributed by atoms with Crippen LogP contribution >= 0.6 is 0 Å². The highest BCUT2D eigenvalue weighted by Crippen LogP contribution is 2.38. The fraction of sp³-hybridized carbons (Fsp3) is 0.438. The molecule has 1 N–H and O–H groups in total. The van der Waals surface area contributed by atoms with Crippen molar-refractivity contribution in [3.8, 4) is 5.75 Å². The Balaban J connectivity index is 2.44. The number of methoxy groups -OCH3 is 1. The van der Waals surface area contributed by atoms with Crippen molar-refractivity contribution in [1.29, 1.82) is 0 Å². The van der Waals surface area contributed by atoms with Crippen LogP contribution in [0.15, 0.2) is 18.2 Å². The molecule has 0 spiro atoms. The van der Waals surface area contributed by atoms with Gasteiger partial charge in [-0.25, -0.2) is 4.98 Å². The van der Waals surface area contributed by atoms with Gasteiger partial charge in [0.05, 0.1) is 12.7 Å². The molecular weight excluding hydrogens is 238 g/mol.